The number of fused-ring (bicyclic) bond motifs is 1. The highest BCUT2D eigenvalue weighted by atomic mass is 16.5. The van der Waals surface area contributed by atoms with Crippen molar-refractivity contribution in [1.29, 1.82) is 0 Å². The van der Waals surface area contributed by atoms with Crippen LogP contribution in [0.3, 0.4) is 0 Å². The second-order valence-corrected chi connectivity index (χ2v) is 9.45. The van der Waals surface area contributed by atoms with Gasteiger partial charge in [0, 0.05) is 50.6 Å². The zero-order valence-electron chi connectivity index (χ0n) is 18.3. The van der Waals surface area contributed by atoms with Gasteiger partial charge in [0.2, 0.25) is 0 Å². The van der Waals surface area contributed by atoms with E-state index in [0.717, 1.165) is 63.5 Å². The quantitative estimate of drug-likeness (QED) is 0.723. The third kappa shape index (κ3) is 5.01. The number of benzene rings is 1. The van der Waals surface area contributed by atoms with E-state index in [-0.39, 0.29) is 6.04 Å². The van der Waals surface area contributed by atoms with Crippen LogP contribution in [0.4, 0.5) is 5.69 Å². The van der Waals surface area contributed by atoms with E-state index < -0.39 is 0 Å². The summed E-state index contributed by atoms with van der Waals surface area (Å²) in [6, 6.07) is 6.99. The zero-order valence-corrected chi connectivity index (χ0v) is 18.3. The van der Waals surface area contributed by atoms with Crippen LogP contribution < -0.4 is 5.32 Å². The molecule has 2 atom stereocenters. The van der Waals surface area contributed by atoms with Crippen molar-refractivity contribution in [3.8, 4) is 0 Å². The van der Waals surface area contributed by atoms with Crippen molar-refractivity contribution >= 4 is 11.5 Å². The molecule has 0 bridgehead atoms. The molecule has 5 nitrogen and oxygen atoms in total. The van der Waals surface area contributed by atoms with Gasteiger partial charge in [-0.2, -0.15) is 0 Å². The molecule has 1 aromatic carbocycles. The molecule has 0 spiro atoms. The molecule has 0 radical (unpaired) electrons. The minimum Gasteiger partial charge on any atom is -0.383 e. The van der Waals surface area contributed by atoms with Crippen molar-refractivity contribution in [3.05, 3.63) is 29.3 Å². The van der Waals surface area contributed by atoms with Crippen LogP contribution in [0.2, 0.25) is 0 Å². The van der Waals surface area contributed by atoms with Crippen molar-refractivity contribution in [3.63, 3.8) is 0 Å². The summed E-state index contributed by atoms with van der Waals surface area (Å²) in [7, 11) is 3.90. The van der Waals surface area contributed by atoms with Gasteiger partial charge >= 0.3 is 0 Å². The molecule has 2 fully saturated rings. The molecular weight excluding hydrogens is 362 g/mol. The second-order valence-electron chi connectivity index (χ2n) is 9.45. The van der Waals surface area contributed by atoms with Crippen molar-refractivity contribution in [2.75, 3.05) is 52.3 Å². The molecule has 2 aliphatic carbocycles. The van der Waals surface area contributed by atoms with E-state index in [4.69, 9.17) is 4.74 Å². The molecule has 4 rings (SSSR count). The molecule has 29 heavy (non-hydrogen) atoms. The Bertz CT molecular complexity index is 710. The van der Waals surface area contributed by atoms with Gasteiger partial charge in [-0.05, 0) is 74.8 Å². The van der Waals surface area contributed by atoms with Gasteiger partial charge in [-0.1, -0.05) is 6.92 Å². The number of nitrogens with one attached hydrogen (secondary N) is 1. The van der Waals surface area contributed by atoms with Crippen LogP contribution in [-0.4, -0.2) is 74.6 Å². The van der Waals surface area contributed by atoms with Crippen molar-refractivity contribution in [2.24, 2.45) is 5.92 Å². The number of methoxy groups -OCH3 is 1. The minimum atomic E-state index is 0.0494. The molecule has 0 aromatic heterocycles. The maximum atomic E-state index is 13.2. The summed E-state index contributed by atoms with van der Waals surface area (Å²) in [5.41, 5.74) is 3.34. The standard InChI is InChI=1S/C24H37N3O2/c1-17-14-23(26(2)16-18-4-5-18)24(28)21-7-6-20(15-22(17)21)25-19-8-10-27(11-9-19)12-13-29-3/h6-7,15,17-19,23,25H,4-5,8-14,16H2,1-3H3. The second kappa shape index (κ2) is 9.15. The fourth-order valence-electron chi connectivity index (χ4n) is 5.01. The fraction of sp³-hybridized carbons (Fsp3) is 0.708. The predicted octanol–water partition coefficient (Wildman–Crippen LogP) is 3.61. The van der Waals surface area contributed by atoms with Crippen molar-refractivity contribution in [2.45, 2.75) is 57.0 Å². The van der Waals surface area contributed by atoms with Gasteiger partial charge in [-0.3, -0.25) is 9.69 Å². The van der Waals surface area contributed by atoms with Crippen LogP contribution in [0.1, 0.15) is 60.9 Å². The summed E-state index contributed by atoms with van der Waals surface area (Å²) < 4.78 is 5.19. The summed E-state index contributed by atoms with van der Waals surface area (Å²) in [6.45, 7) is 7.43. The molecular formula is C24H37N3O2. The average Bonchev–Trinajstić information content (AvgIpc) is 3.54. The molecule has 2 unspecified atom stereocenters. The van der Waals surface area contributed by atoms with Crippen LogP contribution in [0.15, 0.2) is 18.2 Å². The third-order valence-corrected chi connectivity index (χ3v) is 7.07. The first kappa shape index (κ1) is 20.8. The number of Topliss-reactive ketones (excluding diaryl/α,β-unsaturated/α-hetero) is 1. The van der Waals surface area contributed by atoms with E-state index in [1.165, 1.54) is 24.1 Å². The lowest BCUT2D eigenvalue weighted by molar-refractivity contribution is 0.0809. The summed E-state index contributed by atoms with van der Waals surface area (Å²) in [5, 5.41) is 3.73. The topological polar surface area (TPSA) is 44.8 Å². The Morgan fingerprint density at radius 2 is 1.97 bits per heavy atom. The highest BCUT2D eigenvalue weighted by Crippen LogP contribution is 2.37. The number of likely N-dealkylation sites (N-methyl/N-ethyl adjacent to an activating group) is 1. The molecule has 3 aliphatic rings. The van der Waals surface area contributed by atoms with E-state index in [9.17, 15) is 4.79 Å². The maximum Gasteiger partial charge on any atom is 0.180 e. The van der Waals surface area contributed by atoms with Gasteiger partial charge in [-0.15, -0.1) is 0 Å². The highest BCUT2D eigenvalue weighted by Gasteiger charge is 2.36. The van der Waals surface area contributed by atoms with Crippen LogP contribution in [0, 0.1) is 5.92 Å². The average molecular weight is 400 g/mol. The summed E-state index contributed by atoms with van der Waals surface area (Å²) in [6.07, 6.45) is 5.92. The monoisotopic (exact) mass is 399 g/mol. The van der Waals surface area contributed by atoms with Gasteiger partial charge in [0.15, 0.2) is 5.78 Å². The first-order chi connectivity index (χ1) is 14.0. The number of piperidine rings is 1. The summed E-state index contributed by atoms with van der Waals surface area (Å²) in [4.78, 5) is 17.9. The molecule has 1 saturated heterocycles. The van der Waals surface area contributed by atoms with Crippen LogP contribution in [0.25, 0.3) is 0 Å². The van der Waals surface area contributed by atoms with E-state index in [0.29, 0.717) is 17.7 Å². The molecule has 0 amide bonds. The van der Waals surface area contributed by atoms with Crippen molar-refractivity contribution < 1.29 is 9.53 Å². The van der Waals surface area contributed by atoms with E-state index in [1.54, 1.807) is 7.11 Å². The Balaban J connectivity index is 1.37. The Kier molecular flexibility index (Phi) is 6.57. The predicted molar refractivity (Wildman–Crippen MR) is 118 cm³/mol. The number of nitrogens with zero attached hydrogens (tertiary/aromatic N) is 2. The zero-order chi connectivity index (χ0) is 20.4. The van der Waals surface area contributed by atoms with Crippen LogP contribution >= 0.6 is 0 Å². The Labute approximate surface area is 175 Å². The Hall–Kier alpha value is -1.43. The Morgan fingerprint density at radius 3 is 2.66 bits per heavy atom. The number of carbonyl (C=O) groups is 1. The summed E-state index contributed by atoms with van der Waals surface area (Å²) in [5.74, 6) is 1.56. The molecule has 1 N–H and O–H groups in total. The maximum absolute atomic E-state index is 13.2. The molecule has 1 aromatic rings. The number of hydrogen-bond donors (Lipinski definition) is 1. The normalized spacial score (nSPS) is 26.0. The van der Waals surface area contributed by atoms with Gasteiger partial charge in [0.25, 0.3) is 0 Å². The van der Waals surface area contributed by atoms with Gasteiger partial charge in [0.1, 0.15) is 0 Å². The molecule has 1 heterocycles. The third-order valence-electron chi connectivity index (χ3n) is 7.07. The van der Waals surface area contributed by atoms with E-state index in [1.807, 2.05) is 0 Å². The molecule has 5 heteroatoms. The molecule has 1 saturated carbocycles. The van der Waals surface area contributed by atoms with Crippen LogP contribution in [-0.2, 0) is 4.74 Å². The lowest BCUT2D eigenvalue weighted by Crippen LogP contribution is -2.43. The summed E-state index contributed by atoms with van der Waals surface area (Å²) >= 11 is 0. The largest absolute Gasteiger partial charge is 0.383 e. The number of rotatable bonds is 8. The number of hydrogen-bond acceptors (Lipinski definition) is 5. The smallest absolute Gasteiger partial charge is 0.180 e. The number of ether oxygens (including phenoxy) is 1. The lowest BCUT2D eigenvalue weighted by atomic mass is 9.79. The van der Waals surface area contributed by atoms with E-state index in [2.05, 4.69) is 47.3 Å². The lowest BCUT2D eigenvalue weighted by Gasteiger charge is -2.35. The van der Waals surface area contributed by atoms with Crippen LogP contribution in [0.5, 0.6) is 0 Å². The molecule has 1 aliphatic heterocycles. The number of ketones is 1. The van der Waals surface area contributed by atoms with Gasteiger partial charge in [-0.25, -0.2) is 0 Å². The first-order valence-electron chi connectivity index (χ1n) is 11.4. The fourth-order valence-corrected chi connectivity index (χ4v) is 5.01. The number of carbonyl (C=O) groups excluding carboxylic acids is 1. The van der Waals surface area contributed by atoms with E-state index >= 15 is 0 Å². The minimum absolute atomic E-state index is 0.0494. The number of anilines is 1. The number of likely N-dealkylation sites (tertiary alicyclic amines) is 1. The van der Waals surface area contributed by atoms with Gasteiger partial charge < -0.3 is 15.0 Å². The molecule has 160 valence electrons. The first-order valence-corrected chi connectivity index (χ1v) is 11.4. The SMILES string of the molecule is COCCN1CCC(Nc2ccc3c(c2)C(C)CC(N(C)CC2CC2)C3=O)CC1. The Morgan fingerprint density at radius 1 is 1.21 bits per heavy atom. The highest BCUT2D eigenvalue weighted by molar-refractivity contribution is 6.03. The van der Waals surface area contributed by atoms with Gasteiger partial charge in [0.05, 0.1) is 12.6 Å². The van der Waals surface area contributed by atoms with Crippen molar-refractivity contribution in [1.82, 2.24) is 9.80 Å².